The van der Waals surface area contributed by atoms with Gasteiger partial charge in [-0.25, -0.2) is 0 Å². The molecule has 4 heteroatoms. The van der Waals surface area contributed by atoms with Crippen LogP contribution >= 0.6 is 11.6 Å². The van der Waals surface area contributed by atoms with E-state index in [0.717, 1.165) is 17.5 Å². The third-order valence-corrected chi connectivity index (χ3v) is 4.30. The second-order valence-corrected chi connectivity index (χ2v) is 6.07. The molecule has 0 aromatic heterocycles. The Hall–Kier alpha value is -2.00. The molecule has 120 valence electrons. The van der Waals surface area contributed by atoms with Crippen molar-refractivity contribution in [3.8, 4) is 5.75 Å². The minimum Gasteiger partial charge on any atom is -0.487 e. The first kappa shape index (κ1) is 15.9. The van der Waals surface area contributed by atoms with E-state index in [1.807, 2.05) is 55.5 Å². The molecule has 3 rings (SSSR count). The predicted molar refractivity (Wildman–Crippen MR) is 89.7 cm³/mol. The molecule has 1 fully saturated rings. The van der Waals surface area contributed by atoms with E-state index in [1.165, 1.54) is 0 Å². The second-order valence-electron chi connectivity index (χ2n) is 5.66. The fraction of sp³-hybridized carbons (Fsp3) is 0.316. The van der Waals surface area contributed by atoms with E-state index in [-0.39, 0.29) is 17.8 Å². The number of esters is 1. The van der Waals surface area contributed by atoms with Gasteiger partial charge in [0.1, 0.15) is 12.4 Å². The van der Waals surface area contributed by atoms with Gasteiger partial charge in [0.05, 0.1) is 17.5 Å². The average molecular weight is 331 g/mol. The van der Waals surface area contributed by atoms with Crippen LogP contribution in [0.2, 0.25) is 5.02 Å². The van der Waals surface area contributed by atoms with Crippen LogP contribution in [-0.4, -0.2) is 12.6 Å². The summed E-state index contributed by atoms with van der Waals surface area (Å²) in [5.74, 6) is 0.738. The number of carbonyl (C=O) groups is 1. The highest BCUT2D eigenvalue weighted by Gasteiger charge is 2.45. The summed E-state index contributed by atoms with van der Waals surface area (Å²) in [5.41, 5.74) is 2.16. The molecule has 23 heavy (non-hydrogen) atoms. The summed E-state index contributed by atoms with van der Waals surface area (Å²) in [7, 11) is 0. The second kappa shape index (κ2) is 7.05. The normalized spacial score (nSPS) is 19.2. The van der Waals surface area contributed by atoms with Gasteiger partial charge in [-0.05, 0) is 42.5 Å². The molecule has 2 aromatic rings. The quantitative estimate of drug-likeness (QED) is 0.727. The molecule has 0 N–H and O–H groups in total. The van der Waals surface area contributed by atoms with Gasteiger partial charge in [0.25, 0.3) is 0 Å². The number of hydrogen-bond acceptors (Lipinski definition) is 3. The van der Waals surface area contributed by atoms with Gasteiger partial charge in [0.15, 0.2) is 0 Å². The Morgan fingerprint density at radius 2 is 2.00 bits per heavy atom. The highest BCUT2D eigenvalue weighted by Crippen LogP contribution is 2.49. The minimum atomic E-state index is -0.113. The van der Waals surface area contributed by atoms with E-state index >= 15 is 0 Å². The van der Waals surface area contributed by atoms with Crippen molar-refractivity contribution >= 4 is 17.6 Å². The minimum absolute atomic E-state index is 0.0258. The number of benzene rings is 2. The van der Waals surface area contributed by atoms with Crippen molar-refractivity contribution in [2.75, 3.05) is 6.61 Å². The van der Waals surface area contributed by atoms with Gasteiger partial charge >= 0.3 is 5.97 Å². The van der Waals surface area contributed by atoms with Crippen molar-refractivity contribution in [1.29, 1.82) is 0 Å². The number of hydrogen-bond donors (Lipinski definition) is 0. The molecular weight excluding hydrogens is 312 g/mol. The lowest BCUT2D eigenvalue weighted by atomic mass is 10.1. The van der Waals surface area contributed by atoms with Crippen LogP contribution in [0.5, 0.6) is 5.75 Å². The van der Waals surface area contributed by atoms with Gasteiger partial charge in [0, 0.05) is 0 Å². The smallest absolute Gasteiger partial charge is 0.309 e. The summed E-state index contributed by atoms with van der Waals surface area (Å²) < 4.78 is 10.8. The summed E-state index contributed by atoms with van der Waals surface area (Å²) in [6.07, 6.45) is 0.833. The maximum atomic E-state index is 11.7. The summed E-state index contributed by atoms with van der Waals surface area (Å²) >= 11 is 6.31. The first-order valence-corrected chi connectivity index (χ1v) is 8.19. The molecule has 0 spiro atoms. The van der Waals surface area contributed by atoms with E-state index in [1.54, 1.807) is 0 Å². The molecule has 0 radical (unpaired) electrons. The fourth-order valence-corrected chi connectivity index (χ4v) is 2.92. The molecule has 0 aliphatic heterocycles. The molecule has 1 aliphatic carbocycles. The van der Waals surface area contributed by atoms with Gasteiger partial charge < -0.3 is 9.47 Å². The molecular formula is C19H19ClO3. The maximum Gasteiger partial charge on any atom is 0.309 e. The van der Waals surface area contributed by atoms with Gasteiger partial charge in [-0.15, -0.1) is 0 Å². The Labute approximate surface area is 141 Å². The third kappa shape index (κ3) is 3.85. The first-order chi connectivity index (χ1) is 11.2. The topological polar surface area (TPSA) is 35.5 Å². The number of rotatable bonds is 6. The largest absolute Gasteiger partial charge is 0.487 e. The number of halogens is 1. The van der Waals surface area contributed by atoms with Gasteiger partial charge in [-0.3, -0.25) is 4.79 Å². The zero-order chi connectivity index (χ0) is 16.2. The summed E-state index contributed by atoms with van der Waals surface area (Å²) in [4.78, 5) is 11.7. The maximum absolute atomic E-state index is 11.7. The molecule has 1 aliphatic rings. The third-order valence-electron chi connectivity index (χ3n) is 4.00. The molecule has 3 nitrogen and oxygen atoms in total. The molecule has 0 saturated heterocycles. The lowest BCUT2D eigenvalue weighted by Crippen LogP contribution is -2.07. The lowest BCUT2D eigenvalue weighted by molar-refractivity contribution is -0.144. The molecule has 1 saturated carbocycles. The lowest BCUT2D eigenvalue weighted by Gasteiger charge is -2.10. The van der Waals surface area contributed by atoms with Gasteiger partial charge in [-0.1, -0.05) is 48.0 Å². The van der Waals surface area contributed by atoms with Crippen LogP contribution in [0, 0.1) is 5.92 Å². The zero-order valence-corrected chi connectivity index (χ0v) is 13.8. The number of ether oxygens (including phenoxy) is 2. The first-order valence-electron chi connectivity index (χ1n) is 7.82. The monoisotopic (exact) mass is 330 g/mol. The fourth-order valence-electron chi connectivity index (χ4n) is 2.67. The Bertz CT molecular complexity index is 684. The predicted octanol–water partition coefficient (Wildman–Crippen LogP) is 4.59. The molecule has 0 heterocycles. The van der Waals surface area contributed by atoms with E-state index in [4.69, 9.17) is 21.1 Å². The Morgan fingerprint density at radius 1 is 1.22 bits per heavy atom. The Kier molecular flexibility index (Phi) is 4.87. The van der Waals surface area contributed by atoms with Crippen molar-refractivity contribution in [2.45, 2.75) is 25.9 Å². The van der Waals surface area contributed by atoms with Crippen LogP contribution in [0.15, 0.2) is 48.5 Å². The van der Waals surface area contributed by atoms with E-state index in [0.29, 0.717) is 24.0 Å². The highest BCUT2D eigenvalue weighted by atomic mass is 35.5. The Balaban J connectivity index is 1.62. The van der Waals surface area contributed by atoms with Crippen LogP contribution in [0.1, 0.15) is 30.4 Å². The average Bonchev–Trinajstić information content (AvgIpc) is 3.36. The summed E-state index contributed by atoms with van der Waals surface area (Å²) in [6, 6.07) is 15.7. The number of carbonyl (C=O) groups excluding carboxylic acids is 1. The molecule has 2 aromatic carbocycles. The van der Waals surface area contributed by atoms with Gasteiger partial charge in [-0.2, -0.15) is 0 Å². The Morgan fingerprint density at radius 3 is 2.70 bits per heavy atom. The molecule has 2 unspecified atom stereocenters. The van der Waals surface area contributed by atoms with Crippen molar-refractivity contribution in [3.05, 3.63) is 64.7 Å². The SMILES string of the molecule is CCOC(=O)C1CC1c1ccc(OCc2ccccc2)c(Cl)c1. The standard InChI is InChI=1S/C19H19ClO3/c1-2-22-19(21)16-11-15(16)14-8-9-18(17(20)10-14)23-12-13-6-4-3-5-7-13/h3-10,15-16H,2,11-12H2,1H3. The molecule has 0 amide bonds. The summed E-state index contributed by atoms with van der Waals surface area (Å²) in [6.45, 7) is 2.73. The van der Waals surface area contributed by atoms with Crippen molar-refractivity contribution in [3.63, 3.8) is 0 Å². The van der Waals surface area contributed by atoms with Crippen LogP contribution in [0.3, 0.4) is 0 Å². The van der Waals surface area contributed by atoms with Crippen LogP contribution in [0.4, 0.5) is 0 Å². The zero-order valence-electron chi connectivity index (χ0n) is 13.0. The van der Waals surface area contributed by atoms with Crippen LogP contribution < -0.4 is 4.74 Å². The molecule has 2 atom stereocenters. The van der Waals surface area contributed by atoms with E-state index < -0.39 is 0 Å². The van der Waals surface area contributed by atoms with Crippen LogP contribution in [-0.2, 0) is 16.1 Å². The van der Waals surface area contributed by atoms with Gasteiger partial charge in [0.2, 0.25) is 0 Å². The van der Waals surface area contributed by atoms with E-state index in [9.17, 15) is 4.79 Å². The van der Waals surface area contributed by atoms with Crippen molar-refractivity contribution in [1.82, 2.24) is 0 Å². The summed E-state index contributed by atoms with van der Waals surface area (Å²) in [5, 5.41) is 0.577. The van der Waals surface area contributed by atoms with E-state index in [2.05, 4.69) is 0 Å². The van der Waals surface area contributed by atoms with Crippen molar-refractivity contribution < 1.29 is 14.3 Å². The van der Waals surface area contributed by atoms with Crippen molar-refractivity contribution in [2.24, 2.45) is 5.92 Å². The molecule has 0 bridgehead atoms. The van der Waals surface area contributed by atoms with Crippen LogP contribution in [0.25, 0.3) is 0 Å². The highest BCUT2D eigenvalue weighted by molar-refractivity contribution is 6.32.